The number of nitrogens with one attached hydrogen (secondary N) is 2. The number of halogens is 1. The highest BCUT2D eigenvalue weighted by molar-refractivity contribution is 7.13. The monoisotopic (exact) mass is 423 g/mol. The number of carbonyl (C=O) groups excluding carboxylic acids is 1. The lowest BCUT2D eigenvalue weighted by molar-refractivity contribution is 0.0531. The van der Waals surface area contributed by atoms with Gasteiger partial charge in [0.1, 0.15) is 15.0 Å². The summed E-state index contributed by atoms with van der Waals surface area (Å²) >= 11 is 7.16. The standard InChI is InChI=1S/C19H26ClN5O2S/c1-5-21-19(22-10-9-14-7-8-15(20)23-11-14)25-13(4)17-24-12(3)16(28-17)18(26)27-6-2/h7-8,11,13H,5-6,9-10H2,1-4H3,(H2,21,22,25). The molecule has 0 aliphatic carbocycles. The SMILES string of the molecule is CCNC(=NCCc1ccc(Cl)nc1)NC(C)c1nc(C)c(C(=O)OCC)s1. The molecule has 0 radical (unpaired) electrons. The molecule has 0 saturated carbocycles. The minimum Gasteiger partial charge on any atom is -0.462 e. The van der Waals surface area contributed by atoms with Gasteiger partial charge in [-0.15, -0.1) is 11.3 Å². The van der Waals surface area contributed by atoms with E-state index in [1.54, 1.807) is 19.2 Å². The van der Waals surface area contributed by atoms with Crippen molar-refractivity contribution in [1.29, 1.82) is 0 Å². The summed E-state index contributed by atoms with van der Waals surface area (Å²) < 4.78 is 5.09. The van der Waals surface area contributed by atoms with E-state index in [1.165, 1.54) is 11.3 Å². The molecule has 0 aromatic carbocycles. The van der Waals surface area contributed by atoms with Crippen molar-refractivity contribution >= 4 is 34.9 Å². The summed E-state index contributed by atoms with van der Waals surface area (Å²) in [5, 5.41) is 7.87. The first kappa shape index (κ1) is 22.1. The van der Waals surface area contributed by atoms with Gasteiger partial charge >= 0.3 is 5.97 Å². The Bertz CT molecular complexity index is 807. The number of pyridine rings is 1. The Morgan fingerprint density at radius 2 is 2.18 bits per heavy atom. The average Bonchev–Trinajstić information content (AvgIpc) is 3.06. The zero-order valence-corrected chi connectivity index (χ0v) is 18.2. The van der Waals surface area contributed by atoms with Crippen molar-refractivity contribution in [2.75, 3.05) is 19.7 Å². The molecule has 152 valence electrons. The van der Waals surface area contributed by atoms with E-state index in [0.717, 1.165) is 23.5 Å². The molecule has 0 fully saturated rings. The van der Waals surface area contributed by atoms with Crippen LogP contribution in [-0.2, 0) is 11.2 Å². The normalized spacial score (nSPS) is 12.5. The summed E-state index contributed by atoms with van der Waals surface area (Å²) in [6.07, 6.45) is 2.52. The Kier molecular flexibility index (Phi) is 8.66. The number of hydrogen-bond acceptors (Lipinski definition) is 6. The van der Waals surface area contributed by atoms with E-state index in [1.807, 2.05) is 26.8 Å². The van der Waals surface area contributed by atoms with Gasteiger partial charge < -0.3 is 15.4 Å². The first-order chi connectivity index (χ1) is 13.4. The van der Waals surface area contributed by atoms with Crippen molar-refractivity contribution in [2.45, 2.75) is 40.2 Å². The van der Waals surface area contributed by atoms with Crippen molar-refractivity contribution in [3.63, 3.8) is 0 Å². The van der Waals surface area contributed by atoms with Crippen LogP contribution in [0.5, 0.6) is 0 Å². The van der Waals surface area contributed by atoms with Gasteiger partial charge in [-0.2, -0.15) is 0 Å². The van der Waals surface area contributed by atoms with Crippen LogP contribution < -0.4 is 10.6 Å². The second-order valence-electron chi connectivity index (χ2n) is 6.05. The van der Waals surface area contributed by atoms with Crippen LogP contribution in [0.25, 0.3) is 0 Å². The van der Waals surface area contributed by atoms with Crippen LogP contribution in [0, 0.1) is 6.92 Å². The van der Waals surface area contributed by atoms with Crippen molar-refractivity contribution in [3.05, 3.63) is 44.6 Å². The number of hydrogen-bond donors (Lipinski definition) is 2. The third kappa shape index (κ3) is 6.45. The fourth-order valence-electron chi connectivity index (χ4n) is 2.43. The third-order valence-corrected chi connectivity index (χ3v) is 5.34. The fourth-order valence-corrected chi connectivity index (χ4v) is 3.50. The molecule has 2 rings (SSSR count). The van der Waals surface area contributed by atoms with E-state index in [-0.39, 0.29) is 12.0 Å². The van der Waals surface area contributed by atoms with Gasteiger partial charge in [0.2, 0.25) is 0 Å². The van der Waals surface area contributed by atoms with E-state index in [9.17, 15) is 4.79 Å². The molecule has 0 aliphatic heterocycles. The highest BCUT2D eigenvalue weighted by Gasteiger charge is 2.20. The van der Waals surface area contributed by atoms with Gasteiger partial charge in [0.05, 0.1) is 18.3 Å². The number of carbonyl (C=O) groups is 1. The number of aromatic nitrogens is 2. The number of aryl methyl sites for hydroxylation is 1. The Morgan fingerprint density at radius 1 is 1.39 bits per heavy atom. The van der Waals surface area contributed by atoms with Gasteiger partial charge in [-0.3, -0.25) is 4.99 Å². The third-order valence-electron chi connectivity index (χ3n) is 3.80. The van der Waals surface area contributed by atoms with E-state index in [2.05, 4.69) is 25.6 Å². The van der Waals surface area contributed by atoms with Crippen LogP contribution in [0.15, 0.2) is 23.3 Å². The van der Waals surface area contributed by atoms with Crippen LogP contribution >= 0.6 is 22.9 Å². The number of esters is 1. The fraction of sp³-hybridized carbons (Fsp3) is 0.474. The molecule has 2 heterocycles. The molecule has 28 heavy (non-hydrogen) atoms. The lowest BCUT2D eigenvalue weighted by atomic mass is 10.2. The van der Waals surface area contributed by atoms with Gasteiger partial charge in [0, 0.05) is 19.3 Å². The van der Waals surface area contributed by atoms with E-state index >= 15 is 0 Å². The van der Waals surface area contributed by atoms with Crippen molar-refractivity contribution in [3.8, 4) is 0 Å². The van der Waals surface area contributed by atoms with Crippen molar-refractivity contribution in [2.24, 2.45) is 4.99 Å². The predicted octanol–water partition coefficient (Wildman–Crippen LogP) is 3.54. The first-order valence-corrected chi connectivity index (χ1v) is 10.4. The van der Waals surface area contributed by atoms with Crippen molar-refractivity contribution in [1.82, 2.24) is 20.6 Å². The quantitative estimate of drug-likeness (QED) is 0.292. The van der Waals surface area contributed by atoms with E-state index in [0.29, 0.717) is 34.8 Å². The molecule has 7 nitrogen and oxygen atoms in total. The average molecular weight is 424 g/mol. The molecule has 2 aromatic heterocycles. The van der Waals surface area contributed by atoms with Gasteiger partial charge in [-0.1, -0.05) is 17.7 Å². The van der Waals surface area contributed by atoms with Crippen LogP contribution in [0.4, 0.5) is 0 Å². The largest absolute Gasteiger partial charge is 0.462 e. The number of rotatable bonds is 8. The second kappa shape index (κ2) is 11.0. The molecule has 1 unspecified atom stereocenters. The highest BCUT2D eigenvalue weighted by Crippen LogP contribution is 2.24. The molecule has 0 saturated heterocycles. The lowest BCUT2D eigenvalue weighted by Crippen LogP contribution is -2.38. The minimum absolute atomic E-state index is 0.0955. The lowest BCUT2D eigenvalue weighted by Gasteiger charge is -2.16. The van der Waals surface area contributed by atoms with Gasteiger partial charge in [-0.25, -0.2) is 14.8 Å². The van der Waals surface area contributed by atoms with Crippen molar-refractivity contribution < 1.29 is 9.53 Å². The minimum atomic E-state index is -0.326. The second-order valence-corrected chi connectivity index (χ2v) is 7.47. The Hall–Kier alpha value is -2.19. The number of nitrogens with zero attached hydrogens (tertiary/aromatic N) is 3. The summed E-state index contributed by atoms with van der Waals surface area (Å²) in [5.74, 6) is 0.371. The molecule has 1 atom stereocenters. The van der Waals surface area contributed by atoms with Gasteiger partial charge in [0.15, 0.2) is 5.96 Å². The molecule has 0 aliphatic rings. The predicted molar refractivity (Wildman–Crippen MR) is 113 cm³/mol. The smallest absolute Gasteiger partial charge is 0.350 e. The zero-order valence-electron chi connectivity index (χ0n) is 16.6. The van der Waals surface area contributed by atoms with E-state index in [4.69, 9.17) is 16.3 Å². The summed E-state index contributed by atoms with van der Waals surface area (Å²) in [5.41, 5.74) is 1.76. The molecule has 2 N–H and O–H groups in total. The number of thiazole rings is 1. The molecular formula is C19H26ClN5O2S. The maximum atomic E-state index is 12.0. The Morgan fingerprint density at radius 3 is 2.82 bits per heavy atom. The van der Waals surface area contributed by atoms with Crippen LogP contribution in [0.2, 0.25) is 5.15 Å². The molecule has 0 bridgehead atoms. The topological polar surface area (TPSA) is 88.5 Å². The van der Waals surface area contributed by atoms with E-state index < -0.39 is 0 Å². The summed E-state index contributed by atoms with van der Waals surface area (Å²) in [6, 6.07) is 3.63. The molecule has 9 heteroatoms. The van der Waals surface area contributed by atoms with Crippen LogP contribution in [-0.4, -0.2) is 41.6 Å². The Balaban J connectivity index is 2.01. The molecule has 0 spiro atoms. The number of ether oxygens (including phenoxy) is 1. The van der Waals surface area contributed by atoms with Gasteiger partial charge in [0.25, 0.3) is 0 Å². The number of guanidine groups is 1. The maximum absolute atomic E-state index is 12.0. The summed E-state index contributed by atoms with van der Waals surface area (Å²) in [6.45, 7) is 9.31. The van der Waals surface area contributed by atoms with Crippen LogP contribution in [0.1, 0.15) is 52.7 Å². The molecule has 2 aromatic rings. The maximum Gasteiger partial charge on any atom is 0.350 e. The first-order valence-electron chi connectivity index (χ1n) is 9.24. The molecule has 0 amide bonds. The Labute approximate surface area is 174 Å². The highest BCUT2D eigenvalue weighted by atomic mass is 35.5. The molecular weight excluding hydrogens is 398 g/mol. The zero-order chi connectivity index (χ0) is 20.5. The van der Waals surface area contributed by atoms with Gasteiger partial charge in [-0.05, 0) is 45.7 Å². The summed E-state index contributed by atoms with van der Waals surface area (Å²) in [4.78, 5) is 25.8. The number of aliphatic imine (C=N–C) groups is 1. The van der Waals surface area contributed by atoms with Crippen LogP contribution in [0.3, 0.4) is 0 Å². The summed E-state index contributed by atoms with van der Waals surface area (Å²) in [7, 11) is 0.